The molecule has 1 aromatic heterocycles. The molecule has 0 saturated carbocycles. The van der Waals surface area contributed by atoms with Crippen LogP contribution in [-0.4, -0.2) is 38.7 Å². The average molecular weight is 288 g/mol. The third-order valence-electron chi connectivity index (χ3n) is 2.57. The van der Waals surface area contributed by atoms with Crippen molar-refractivity contribution in [3.63, 3.8) is 0 Å². The highest BCUT2D eigenvalue weighted by Crippen LogP contribution is 2.12. The Hall–Kier alpha value is -1.53. The van der Waals surface area contributed by atoms with Crippen LogP contribution in [0.15, 0.2) is 6.33 Å². The van der Waals surface area contributed by atoms with E-state index in [0.29, 0.717) is 24.9 Å². The number of hydrogen-bond acceptors (Lipinski definition) is 3. The Balaban J connectivity index is 2.68. The van der Waals surface area contributed by atoms with Crippen LogP contribution in [0.3, 0.4) is 0 Å². The lowest BCUT2D eigenvalue weighted by molar-refractivity contribution is -0.133. The van der Waals surface area contributed by atoms with Gasteiger partial charge in [0.15, 0.2) is 0 Å². The molecule has 0 aliphatic rings. The molecule has 0 aliphatic heterocycles. The molecule has 0 aromatic carbocycles. The van der Waals surface area contributed by atoms with Gasteiger partial charge in [0.25, 0.3) is 6.43 Å². The van der Waals surface area contributed by atoms with E-state index in [2.05, 4.69) is 10.1 Å². The van der Waals surface area contributed by atoms with Gasteiger partial charge in [-0.05, 0) is 11.8 Å². The molecule has 1 aromatic rings. The molecule has 114 valence electrons. The molecule has 0 unspecified atom stereocenters. The zero-order valence-corrected chi connectivity index (χ0v) is 12.4. The van der Waals surface area contributed by atoms with Crippen LogP contribution in [0.4, 0.5) is 8.78 Å². The van der Waals surface area contributed by atoms with E-state index in [1.165, 1.54) is 6.33 Å². The predicted molar refractivity (Wildman–Crippen MR) is 71.2 cm³/mol. The van der Waals surface area contributed by atoms with Crippen LogP contribution in [0, 0.1) is 11.8 Å². The first-order chi connectivity index (χ1) is 9.29. The van der Waals surface area contributed by atoms with Crippen LogP contribution in [0.1, 0.15) is 39.9 Å². The second-order valence-corrected chi connectivity index (χ2v) is 5.69. The van der Waals surface area contributed by atoms with Gasteiger partial charge in [0.05, 0.1) is 0 Å². The van der Waals surface area contributed by atoms with Gasteiger partial charge in [0, 0.05) is 13.1 Å². The highest BCUT2D eigenvalue weighted by atomic mass is 19.3. The molecule has 0 bridgehead atoms. The first-order valence-corrected chi connectivity index (χ1v) is 6.74. The van der Waals surface area contributed by atoms with Gasteiger partial charge >= 0.3 is 0 Å². The third kappa shape index (κ3) is 5.22. The number of hydrogen-bond donors (Lipinski definition) is 0. The van der Waals surface area contributed by atoms with Crippen LogP contribution in [-0.2, 0) is 11.3 Å². The lowest BCUT2D eigenvalue weighted by Crippen LogP contribution is -2.39. The van der Waals surface area contributed by atoms with E-state index in [-0.39, 0.29) is 12.5 Å². The van der Waals surface area contributed by atoms with Gasteiger partial charge in [-0.3, -0.25) is 4.79 Å². The molecule has 1 rings (SSSR count). The smallest absolute Gasteiger partial charge is 0.299 e. The van der Waals surface area contributed by atoms with Crippen molar-refractivity contribution in [2.75, 3.05) is 13.1 Å². The van der Waals surface area contributed by atoms with Gasteiger partial charge in [-0.25, -0.2) is 18.4 Å². The molecule has 20 heavy (non-hydrogen) atoms. The Kier molecular flexibility index (Phi) is 6.04. The topological polar surface area (TPSA) is 51.0 Å². The zero-order valence-electron chi connectivity index (χ0n) is 12.4. The summed E-state index contributed by atoms with van der Waals surface area (Å²) in [5, 5.41) is 3.60. The number of carbonyl (C=O) groups is 1. The van der Waals surface area contributed by atoms with Crippen molar-refractivity contribution in [1.29, 1.82) is 0 Å². The summed E-state index contributed by atoms with van der Waals surface area (Å²) in [6.45, 7) is 9.37. The monoisotopic (exact) mass is 288 g/mol. The molecule has 0 atom stereocenters. The third-order valence-corrected chi connectivity index (χ3v) is 2.57. The van der Waals surface area contributed by atoms with E-state index in [1.807, 2.05) is 27.7 Å². The molecule has 7 heteroatoms. The van der Waals surface area contributed by atoms with Gasteiger partial charge in [-0.2, -0.15) is 0 Å². The summed E-state index contributed by atoms with van der Waals surface area (Å²) in [7, 11) is 0. The number of amides is 1. The fourth-order valence-corrected chi connectivity index (χ4v) is 1.88. The minimum Gasteiger partial charge on any atom is -0.341 e. The zero-order chi connectivity index (χ0) is 15.3. The second kappa shape index (κ2) is 7.31. The van der Waals surface area contributed by atoms with Crippen molar-refractivity contribution in [3.8, 4) is 0 Å². The minimum absolute atomic E-state index is 0.0564. The Bertz CT molecular complexity index is 422. The number of carbonyl (C=O) groups excluding carboxylic acids is 1. The highest BCUT2D eigenvalue weighted by molar-refractivity contribution is 5.75. The summed E-state index contributed by atoms with van der Waals surface area (Å²) >= 11 is 0. The molecule has 5 nitrogen and oxygen atoms in total. The van der Waals surface area contributed by atoms with Crippen LogP contribution < -0.4 is 0 Å². The van der Waals surface area contributed by atoms with Crippen LogP contribution in [0.25, 0.3) is 0 Å². The average Bonchev–Trinajstić information content (AvgIpc) is 2.75. The van der Waals surface area contributed by atoms with Gasteiger partial charge in [-0.1, -0.05) is 27.7 Å². The summed E-state index contributed by atoms with van der Waals surface area (Å²) in [4.78, 5) is 17.4. The molecule has 0 aliphatic carbocycles. The van der Waals surface area contributed by atoms with E-state index in [1.54, 1.807) is 4.90 Å². The van der Waals surface area contributed by atoms with E-state index in [4.69, 9.17) is 0 Å². The van der Waals surface area contributed by atoms with Gasteiger partial charge in [0.2, 0.25) is 11.7 Å². The standard InChI is InChI=1S/C13H22F2N4O/c1-9(2)5-18(6-10(3)4)11(20)7-19-8-16-13(17-19)12(14)15/h8-10,12H,5-7H2,1-4H3. The first-order valence-electron chi connectivity index (χ1n) is 6.74. The Morgan fingerprint density at radius 2 is 1.80 bits per heavy atom. The minimum atomic E-state index is -2.71. The SMILES string of the molecule is CC(C)CN(CC(C)C)C(=O)Cn1cnc(C(F)F)n1. The van der Waals surface area contributed by atoms with Crippen molar-refractivity contribution < 1.29 is 13.6 Å². The lowest BCUT2D eigenvalue weighted by Gasteiger charge is -2.26. The highest BCUT2D eigenvalue weighted by Gasteiger charge is 2.18. The molecule has 0 N–H and O–H groups in total. The first kappa shape index (κ1) is 16.5. The van der Waals surface area contributed by atoms with Crippen molar-refractivity contribution in [1.82, 2.24) is 19.7 Å². The fourth-order valence-electron chi connectivity index (χ4n) is 1.88. The number of nitrogens with zero attached hydrogens (tertiary/aromatic N) is 4. The maximum Gasteiger partial charge on any atom is 0.299 e. The summed E-state index contributed by atoms with van der Waals surface area (Å²) < 4.78 is 25.9. The molecular weight excluding hydrogens is 266 g/mol. The van der Waals surface area contributed by atoms with Gasteiger partial charge in [0.1, 0.15) is 12.9 Å². The maximum absolute atomic E-state index is 12.4. The lowest BCUT2D eigenvalue weighted by atomic mass is 10.1. The molecular formula is C13H22F2N4O. The fraction of sp³-hybridized carbons (Fsp3) is 0.769. The molecule has 0 radical (unpaired) electrons. The Morgan fingerprint density at radius 3 is 2.20 bits per heavy atom. The number of halogens is 2. The predicted octanol–water partition coefficient (Wildman–Crippen LogP) is 2.36. The van der Waals surface area contributed by atoms with Crippen LogP contribution >= 0.6 is 0 Å². The van der Waals surface area contributed by atoms with Crippen LogP contribution in [0.5, 0.6) is 0 Å². The van der Waals surface area contributed by atoms with E-state index in [0.717, 1.165) is 4.68 Å². The van der Waals surface area contributed by atoms with E-state index >= 15 is 0 Å². The normalized spacial score (nSPS) is 11.7. The van der Waals surface area contributed by atoms with Gasteiger partial charge in [-0.15, -0.1) is 5.10 Å². The molecule has 0 saturated heterocycles. The van der Waals surface area contributed by atoms with Crippen molar-refractivity contribution >= 4 is 5.91 Å². The number of alkyl halides is 2. The molecule has 1 heterocycles. The van der Waals surface area contributed by atoms with Crippen LogP contribution in [0.2, 0.25) is 0 Å². The van der Waals surface area contributed by atoms with Gasteiger partial charge < -0.3 is 4.90 Å². The van der Waals surface area contributed by atoms with Crippen molar-refractivity contribution in [3.05, 3.63) is 12.2 Å². The second-order valence-electron chi connectivity index (χ2n) is 5.69. The Labute approximate surface area is 118 Å². The summed E-state index contributed by atoms with van der Waals surface area (Å²) in [5.41, 5.74) is 0. The Morgan fingerprint density at radius 1 is 1.25 bits per heavy atom. The van der Waals surface area contributed by atoms with Crippen molar-refractivity contribution in [2.24, 2.45) is 11.8 Å². The largest absolute Gasteiger partial charge is 0.341 e. The summed E-state index contributed by atoms with van der Waals surface area (Å²) in [6.07, 6.45) is -1.55. The van der Waals surface area contributed by atoms with E-state index in [9.17, 15) is 13.6 Å². The van der Waals surface area contributed by atoms with Crippen molar-refractivity contribution in [2.45, 2.75) is 40.7 Å². The molecule has 0 fully saturated rings. The molecule has 1 amide bonds. The molecule has 0 spiro atoms. The number of rotatable bonds is 7. The summed E-state index contributed by atoms with van der Waals surface area (Å²) in [6, 6.07) is 0. The quantitative estimate of drug-likeness (QED) is 0.774. The summed E-state index contributed by atoms with van der Waals surface area (Å²) in [5.74, 6) is 0.0327. The van der Waals surface area contributed by atoms with E-state index < -0.39 is 12.2 Å². The number of aromatic nitrogens is 3. The maximum atomic E-state index is 12.4.